The second kappa shape index (κ2) is 4.17. The van der Waals surface area contributed by atoms with Gasteiger partial charge in [-0.25, -0.2) is 4.68 Å². The second-order valence-electron chi connectivity index (χ2n) is 3.55. The first-order chi connectivity index (χ1) is 8.38. The summed E-state index contributed by atoms with van der Waals surface area (Å²) in [7, 11) is 0. The van der Waals surface area contributed by atoms with Crippen LogP contribution in [-0.4, -0.2) is 15.7 Å². The lowest BCUT2D eigenvalue weighted by Gasteiger charge is -2.07. The molecule has 0 atom stereocenters. The van der Waals surface area contributed by atoms with E-state index in [1.165, 1.54) is 29.1 Å². The summed E-state index contributed by atoms with van der Waals surface area (Å²) in [5.74, 6) is -0.694. The predicted molar refractivity (Wildman–Crippen MR) is 57.1 cm³/mol. The number of halogens is 3. The SMILES string of the molecule is NC(=O)c1ccn(-c2ccc(C(F)(F)F)cc2)n1. The van der Waals surface area contributed by atoms with Crippen LogP contribution in [0.1, 0.15) is 16.1 Å². The monoisotopic (exact) mass is 255 g/mol. The molecule has 4 nitrogen and oxygen atoms in total. The van der Waals surface area contributed by atoms with Gasteiger partial charge in [-0.15, -0.1) is 0 Å². The zero-order valence-electron chi connectivity index (χ0n) is 8.98. The highest BCUT2D eigenvalue weighted by molar-refractivity contribution is 5.90. The first-order valence-corrected chi connectivity index (χ1v) is 4.91. The highest BCUT2D eigenvalue weighted by Gasteiger charge is 2.30. The van der Waals surface area contributed by atoms with Gasteiger partial charge >= 0.3 is 6.18 Å². The summed E-state index contributed by atoms with van der Waals surface area (Å²) in [6.07, 6.45) is -2.93. The van der Waals surface area contributed by atoms with Crippen molar-refractivity contribution in [1.82, 2.24) is 9.78 Å². The van der Waals surface area contributed by atoms with E-state index in [4.69, 9.17) is 5.73 Å². The molecule has 2 rings (SSSR count). The minimum Gasteiger partial charge on any atom is -0.364 e. The number of alkyl halides is 3. The number of nitrogens with zero attached hydrogens (tertiary/aromatic N) is 2. The molecule has 0 unspecified atom stereocenters. The van der Waals surface area contributed by atoms with Crippen LogP contribution in [0, 0.1) is 0 Å². The van der Waals surface area contributed by atoms with Gasteiger partial charge in [0.25, 0.3) is 5.91 Å². The maximum Gasteiger partial charge on any atom is 0.416 e. The van der Waals surface area contributed by atoms with E-state index in [-0.39, 0.29) is 5.69 Å². The molecular formula is C11H8F3N3O. The number of amides is 1. The molecule has 1 aromatic heterocycles. The molecule has 0 radical (unpaired) electrons. The third-order valence-corrected chi connectivity index (χ3v) is 2.30. The van der Waals surface area contributed by atoms with Gasteiger partial charge in [0.05, 0.1) is 11.3 Å². The molecule has 0 fully saturated rings. The summed E-state index contributed by atoms with van der Waals surface area (Å²) in [4.78, 5) is 10.8. The highest BCUT2D eigenvalue weighted by atomic mass is 19.4. The molecule has 2 aromatic rings. The number of hydrogen-bond donors (Lipinski definition) is 1. The van der Waals surface area contributed by atoms with Crippen LogP contribution in [0.25, 0.3) is 5.69 Å². The summed E-state index contributed by atoms with van der Waals surface area (Å²) in [6, 6.07) is 5.81. The summed E-state index contributed by atoms with van der Waals surface area (Å²) in [6.45, 7) is 0. The molecule has 1 aromatic carbocycles. The predicted octanol–water partition coefficient (Wildman–Crippen LogP) is 1.99. The van der Waals surface area contributed by atoms with Crippen molar-refractivity contribution >= 4 is 5.91 Å². The van der Waals surface area contributed by atoms with Crippen LogP contribution in [0.2, 0.25) is 0 Å². The number of carbonyl (C=O) groups excluding carboxylic acids is 1. The van der Waals surface area contributed by atoms with Gasteiger partial charge in [0.15, 0.2) is 0 Å². The number of primary amides is 1. The Morgan fingerprint density at radius 1 is 1.17 bits per heavy atom. The molecule has 0 aliphatic carbocycles. The Bertz CT molecular complexity index is 572. The van der Waals surface area contributed by atoms with Gasteiger partial charge in [0.2, 0.25) is 0 Å². The maximum atomic E-state index is 12.3. The normalized spacial score (nSPS) is 11.5. The number of aromatic nitrogens is 2. The van der Waals surface area contributed by atoms with Crippen molar-refractivity contribution in [3.05, 3.63) is 47.8 Å². The van der Waals surface area contributed by atoms with Crippen LogP contribution in [0.3, 0.4) is 0 Å². The Morgan fingerprint density at radius 2 is 1.78 bits per heavy atom. The van der Waals surface area contributed by atoms with Crippen LogP contribution in [-0.2, 0) is 6.18 Å². The van der Waals surface area contributed by atoms with E-state index >= 15 is 0 Å². The summed E-state index contributed by atoms with van der Waals surface area (Å²) < 4.78 is 38.3. The number of benzene rings is 1. The van der Waals surface area contributed by atoms with Crippen molar-refractivity contribution in [3.8, 4) is 5.69 Å². The molecule has 0 aliphatic heterocycles. The Morgan fingerprint density at radius 3 is 2.22 bits per heavy atom. The van der Waals surface area contributed by atoms with Crippen molar-refractivity contribution in [2.24, 2.45) is 5.73 Å². The van der Waals surface area contributed by atoms with Gasteiger partial charge < -0.3 is 5.73 Å². The lowest BCUT2D eigenvalue weighted by Crippen LogP contribution is -2.12. The van der Waals surface area contributed by atoms with Crippen LogP contribution in [0.15, 0.2) is 36.5 Å². The molecule has 0 bridgehead atoms. The number of hydrogen-bond acceptors (Lipinski definition) is 2. The van der Waals surface area contributed by atoms with Crippen LogP contribution in [0.4, 0.5) is 13.2 Å². The smallest absolute Gasteiger partial charge is 0.364 e. The topological polar surface area (TPSA) is 60.9 Å². The standard InChI is InChI=1S/C11H8F3N3O/c12-11(13,14)7-1-3-8(4-2-7)17-6-5-9(16-17)10(15)18/h1-6H,(H2,15,18). The largest absolute Gasteiger partial charge is 0.416 e. The van der Waals surface area contributed by atoms with Crippen LogP contribution >= 0.6 is 0 Å². The highest BCUT2D eigenvalue weighted by Crippen LogP contribution is 2.29. The van der Waals surface area contributed by atoms with E-state index < -0.39 is 17.6 Å². The molecule has 0 saturated heterocycles. The Labute approximate surface area is 99.8 Å². The Balaban J connectivity index is 2.31. The van der Waals surface area contributed by atoms with Gasteiger partial charge in [0, 0.05) is 6.20 Å². The average Bonchev–Trinajstić information content (AvgIpc) is 2.77. The maximum absolute atomic E-state index is 12.3. The molecule has 2 N–H and O–H groups in total. The number of nitrogens with two attached hydrogens (primary N) is 1. The Hall–Kier alpha value is -2.31. The van der Waals surface area contributed by atoms with Crippen molar-refractivity contribution in [2.45, 2.75) is 6.18 Å². The number of carbonyl (C=O) groups is 1. The quantitative estimate of drug-likeness (QED) is 0.892. The fourth-order valence-corrected chi connectivity index (χ4v) is 1.40. The van der Waals surface area contributed by atoms with E-state index in [0.717, 1.165) is 12.1 Å². The third kappa shape index (κ3) is 2.34. The van der Waals surface area contributed by atoms with Crippen molar-refractivity contribution in [2.75, 3.05) is 0 Å². The van der Waals surface area contributed by atoms with E-state index in [9.17, 15) is 18.0 Å². The molecule has 1 amide bonds. The molecule has 7 heteroatoms. The van der Waals surface area contributed by atoms with Gasteiger partial charge in [0.1, 0.15) is 5.69 Å². The molecule has 18 heavy (non-hydrogen) atoms. The summed E-state index contributed by atoms with van der Waals surface area (Å²) in [5, 5.41) is 3.83. The van der Waals surface area contributed by atoms with Crippen molar-refractivity contribution in [1.29, 1.82) is 0 Å². The summed E-state index contributed by atoms with van der Waals surface area (Å²) in [5.41, 5.74) is 4.74. The zero-order chi connectivity index (χ0) is 13.3. The van der Waals surface area contributed by atoms with E-state index in [1.807, 2.05) is 0 Å². The molecular weight excluding hydrogens is 247 g/mol. The van der Waals surface area contributed by atoms with E-state index in [0.29, 0.717) is 5.69 Å². The summed E-state index contributed by atoms with van der Waals surface area (Å²) >= 11 is 0. The van der Waals surface area contributed by atoms with Gasteiger partial charge in [-0.1, -0.05) is 0 Å². The minimum absolute atomic E-state index is 0.0508. The van der Waals surface area contributed by atoms with Crippen molar-refractivity contribution in [3.63, 3.8) is 0 Å². The number of rotatable bonds is 2. The minimum atomic E-state index is -4.37. The third-order valence-electron chi connectivity index (χ3n) is 2.30. The molecule has 0 saturated carbocycles. The van der Waals surface area contributed by atoms with Gasteiger partial charge in [-0.2, -0.15) is 18.3 Å². The van der Waals surface area contributed by atoms with Crippen LogP contribution < -0.4 is 5.73 Å². The molecule has 94 valence electrons. The first-order valence-electron chi connectivity index (χ1n) is 4.91. The van der Waals surface area contributed by atoms with Gasteiger partial charge in [-0.05, 0) is 30.3 Å². The van der Waals surface area contributed by atoms with Crippen molar-refractivity contribution < 1.29 is 18.0 Å². The van der Waals surface area contributed by atoms with Crippen LogP contribution in [0.5, 0.6) is 0 Å². The van der Waals surface area contributed by atoms with Gasteiger partial charge in [-0.3, -0.25) is 4.79 Å². The lowest BCUT2D eigenvalue weighted by molar-refractivity contribution is -0.137. The van der Waals surface area contributed by atoms with E-state index in [2.05, 4.69) is 5.10 Å². The fourth-order valence-electron chi connectivity index (χ4n) is 1.40. The molecule has 0 aliphatic rings. The average molecular weight is 255 g/mol. The second-order valence-corrected chi connectivity index (χ2v) is 3.55. The zero-order valence-corrected chi connectivity index (χ0v) is 8.98. The first kappa shape index (κ1) is 12.2. The fraction of sp³-hybridized carbons (Fsp3) is 0.0909. The lowest BCUT2D eigenvalue weighted by atomic mass is 10.2. The molecule has 1 heterocycles. The molecule has 0 spiro atoms. The Kier molecular flexibility index (Phi) is 2.82. The van der Waals surface area contributed by atoms with E-state index in [1.54, 1.807) is 0 Å².